The molecule has 0 radical (unpaired) electrons. The van der Waals surface area contributed by atoms with Gasteiger partial charge in [-0.1, -0.05) is 55.3 Å². The summed E-state index contributed by atoms with van der Waals surface area (Å²) in [7, 11) is 1.39. The molecule has 154 valence electrons. The number of rotatable bonds is 10. The first-order chi connectivity index (χ1) is 14.5. The molecule has 5 nitrogen and oxygen atoms in total. The summed E-state index contributed by atoms with van der Waals surface area (Å²) >= 11 is 0. The molecule has 0 bridgehead atoms. The Bertz CT molecular complexity index is 965. The van der Waals surface area contributed by atoms with E-state index in [2.05, 4.69) is 30.3 Å². The zero-order chi connectivity index (χ0) is 21.8. The topological polar surface area (TPSA) is 67.8 Å². The summed E-state index contributed by atoms with van der Waals surface area (Å²) < 4.78 is 10.6. The Morgan fingerprint density at radius 3 is 2.70 bits per heavy atom. The van der Waals surface area contributed by atoms with Crippen molar-refractivity contribution in [1.29, 1.82) is 0 Å². The molecule has 0 fully saturated rings. The molecule has 0 aliphatic heterocycles. The fraction of sp³-hybridized carbons (Fsp3) is 0.160. The number of methoxy groups -OCH3 is 1. The molecule has 0 spiro atoms. The van der Waals surface area contributed by atoms with Gasteiger partial charge in [0.2, 0.25) is 0 Å². The summed E-state index contributed by atoms with van der Waals surface area (Å²) in [6.45, 7) is 7.79. The average molecular weight is 403 g/mol. The van der Waals surface area contributed by atoms with Gasteiger partial charge in [-0.2, -0.15) is 0 Å². The fourth-order valence-corrected chi connectivity index (χ4v) is 2.54. The Balaban J connectivity index is 1.88. The van der Waals surface area contributed by atoms with E-state index in [4.69, 9.17) is 14.6 Å². The van der Waals surface area contributed by atoms with Crippen LogP contribution in [0.25, 0.3) is 0 Å². The van der Waals surface area contributed by atoms with Gasteiger partial charge in [0.15, 0.2) is 6.10 Å². The predicted molar refractivity (Wildman–Crippen MR) is 119 cm³/mol. The maximum atomic E-state index is 11.0. The smallest absolute Gasteiger partial charge is 0.333 e. The number of carboxylic acid groups (broad SMARTS) is 1. The summed E-state index contributed by atoms with van der Waals surface area (Å²) in [6, 6.07) is 14.9. The first kappa shape index (κ1) is 22.5. The van der Waals surface area contributed by atoms with Gasteiger partial charge < -0.3 is 19.9 Å². The molecule has 1 atom stereocenters. The van der Waals surface area contributed by atoms with Gasteiger partial charge in [-0.25, -0.2) is 4.79 Å². The summed E-state index contributed by atoms with van der Waals surface area (Å²) in [5.74, 6) is 5.73. The highest BCUT2D eigenvalue weighted by Crippen LogP contribution is 2.18. The zero-order valence-corrected chi connectivity index (χ0v) is 16.9. The summed E-state index contributed by atoms with van der Waals surface area (Å²) in [5.41, 5.74) is 3.31. The average Bonchev–Trinajstić information content (AvgIpc) is 2.74. The molecule has 30 heavy (non-hydrogen) atoms. The number of benzene rings is 2. The Kier molecular flexibility index (Phi) is 8.98. The lowest BCUT2D eigenvalue weighted by atomic mass is 10.1. The van der Waals surface area contributed by atoms with Crippen LogP contribution in [0, 0.1) is 11.8 Å². The van der Waals surface area contributed by atoms with Crippen LogP contribution < -0.4 is 10.1 Å². The second-order valence-corrected chi connectivity index (χ2v) is 6.33. The summed E-state index contributed by atoms with van der Waals surface area (Å²) in [4.78, 5) is 11.0. The van der Waals surface area contributed by atoms with Gasteiger partial charge in [-0.05, 0) is 35.9 Å². The second kappa shape index (κ2) is 11.9. The van der Waals surface area contributed by atoms with Gasteiger partial charge in [0.1, 0.15) is 12.4 Å². The molecule has 5 heteroatoms. The molecule has 2 aromatic rings. The number of nitrogens with one attached hydrogen (secondary N) is 1. The maximum Gasteiger partial charge on any atom is 0.333 e. The van der Waals surface area contributed by atoms with Gasteiger partial charge in [-0.15, -0.1) is 0 Å². The highest BCUT2D eigenvalue weighted by atomic mass is 16.5. The third-order valence-corrected chi connectivity index (χ3v) is 4.05. The largest absolute Gasteiger partial charge is 0.481 e. The molecule has 2 N–H and O–H groups in total. The van der Waals surface area contributed by atoms with Crippen LogP contribution in [-0.4, -0.2) is 30.9 Å². The SMILES string of the molecule is C=C/C=C\C(=C)Nc1cccc(OCC#Cc2ccc(CC(OC)C(=O)O)cc2)c1. The third kappa shape index (κ3) is 7.70. The van der Waals surface area contributed by atoms with Crippen LogP contribution >= 0.6 is 0 Å². The van der Waals surface area contributed by atoms with Crippen LogP contribution in [-0.2, 0) is 16.0 Å². The van der Waals surface area contributed by atoms with E-state index >= 15 is 0 Å². The van der Waals surface area contributed by atoms with Crippen molar-refractivity contribution in [3.8, 4) is 17.6 Å². The van der Waals surface area contributed by atoms with E-state index in [1.165, 1.54) is 7.11 Å². The van der Waals surface area contributed by atoms with Crippen molar-refractivity contribution in [2.24, 2.45) is 0 Å². The van der Waals surface area contributed by atoms with Crippen molar-refractivity contribution >= 4 is 11.7 Å². The van der Waals surface area contributed by atoms with Crippen molar-refractivity contribution in [2.45, 2.75) is 12.5 Å². The zero-order valence-electron chi connectivity index (χ0n) is 16.9. The predicted octanol–water partition coefficient (Wildman–Crippen LogP) is 4.43. The Hall–Kier alpha value is -3.75. The Morgan fingerprint density at radius 1 is 1.27 bits per heavy atom. The number of hydrogen-bond donors (Lipinski definition) is 2. The van der Waals surface area contributed by atoms with Gasteiger partial charge in [0.05, 0.1) is 0 Å². The molecule has 0 amide bonds. The number of carbonyl (C=O) groups is 1. The molecule has 0 aromatic heterocycles. The number of anilines is 1. The number of allylic oxidation sites excluding steroid dienone is 3. The number of hydrogen-bond acceptors (Lipinski definition) is 4. The van der Waals surface area contributed by atoms with E-state index in [0.717, 1.165) is 22.5 Å². The van der Waals surface area contributed by atoms with Crippen LogP contribution in [0.2, 0.25) is 0 Å². The highest BCUT2D eigenvalue weighted by Gasteiger charge is 2.16. The lowest BCUT2D eigenvalue weighted by Gasteiger charge is -2.10. The lowest BCUT2D eigenvalue weighted by molar-refractivity contribution is -0.148. The van der Waals surface area contributed by atoms with Crippen molar-refractivity contribution in [3.05, 3.63) is 96.7 Å². The van der Waals surface area contributed by atoms with E-state index in [-0.39, 0.29) is 6.61 Å². The number of carboxylic acids is 1. The van der Waals surface area contributed by atoms with Gasteiger partial charge in [-0.3, -0.25) is 0 Å². The van der Waals surface area contributed by atoms with E-state index in [9.17, 15) is 4.79 Å². The van der Waals surface area contributed by atoms with E-state index in [0.29, 0.717) is 12.2 Å². The van der Waals surface area contributed by atoms with Gasteiger partial charge in [0.25, 0.3) is 0 Å². The molecule has 2 rings (SSSR count). The van der Waals surface area contributed by atoms with Crippen LogP contribution in [0.5, 0.6) is 5.75 Å². The molecule has 0 saturated carbocycles. The van der Waals surface area contributed by atoms with Gasteiger partial charge in [0, 0.05) is 36.5 Å². The third-order valence-electron chi connectivity index (χ3n) is 4.05. The normalized spacial score (nSPS) is 11.2. The molecular weight excluding hydrogens is 378 g/mol. The van der Waals surface area contributed by atoms with Gasteiger partial charge >= 0.3 is 5.97 Å². The fourth-order valence-electron chi connectivity index (χ4n) is 2.54. The van der Waals surface area contributed by atoms with E-state index < -0.39 is 12.1 Å². The first-order valence-electron chi connectivity index (χ1n) is 9.33. The van der Waals surface area contributed by atoms with E-state index in [1.807, 2.05) is 54.6 Å². The minimum absolute atomic E-state index is 0.243. The molecule has 1 unspecified atom stereocenters. The number of aliphatic carboxylic acids is 1. The minimum Gasteiger partial charge on any atom is -0.481 e. The lowest BCUT2D eigenvalue weighted by Crippen LogP contribution is -2.24. The van der Waals surface area contributed by atoms with Crippen molar-refractivity contribution in [3.63, 3.8) is 0 Å². The van der Waals surface area contributed by atoms with Crippen molar-refractivity contribution < 1.29 is 19.4 Å². The monoisotopic (exact) mass is 403 g/mol. The molecule has 2 aromatic carbocycles. The molecular formula is C25H25NO4. The maximum absolute atomic E-state index is 11.0. The molecule has 0 aliphatic rings. The quantitative estimate of drug-likeness (QED) is 0.454. The molecule has 0 aliphatic carbocycles. The minimum atomic E-state index is -0.977. The standard InChI is InChI=1S/C25H25NO4/c1-4-5-8-19(2)26-22-10-6-11-23(18-22)30-16-7-9-20-12-14-21(15-13-20)17-24(29-3)25(27)28/h4-6,8,10-15,18,24,26H,1-2,16-17H2,3H3,(H,27,28)/b8-5-. The van der Waals surface area contributed by atoms with Crippen molar-refractivity contribution in [2.75, 3.05) is 19.0 Å². The second-order valence-electron chi connectivity index (χ2n) is 6.33. The van der Waals surface area contributed by atoms with Crippen LogP contribution in [0.3, 0.4) is 0 Å². The van der Waals surface area contributed by atoms with Crippen LogP contribution in [0.1, 0.15) is 11.1 Å². The van der Waals surface area contributed by atoms with E-state index in [1.54, 1.807) is 12.2 Å². The molecule has 0 heterocycles. The summed E-state index contributed by atoms with van der Waals surface area (Å²) in [5, 5.41) is 12.2. The number of ether oxygens (including phenoxy) is 2. The van der Waals surface area contributed by atoms with Crippen molar-refractivity contribution in [1.82, 2.24) is 0 Å². The Morgan fingerprint density at radius 2 is 2.03 bits per heavy atom. The first-order valence-corrected chi connectivity index (χ1v) is 9.33. The highest BCUT2D eigenvalue weighted by molar-refractivity contribution is 5.72. The molecule has 0 saturated heterocycles. The van der Waals surface area contributed by atoms with Crippen LogP contribution in [0.15, 0.2) is 85.6 Å². The van der Waals surface area contributed by atoms with Crippen LogP contribution in [0.4, 0.5) is 5.69 Å². The summed E-state index contributed by atoms with van der Waals surface area (Å²) in [6.07, 6.45) is 4.78. The Labute approximate surface area is 177 Å².